The van der Waals surface area contributed by atoms with E-state index in [4.69, 9.17) is 14.5 Å². The third-order valence-electron chi connectivity index (χ3n) is 4.77. The Morgan fingerprint density at radius 3 is 2.48 bits per heavy atom. The number of aromatic nitrogens is 1. The fraction of sp³-hybridized carbons (Fsp3) is 0.182. The molecule has 1 amide bonds. The van der Waals surface area contributed by atoms with Crippen LogP contribution in [0.3, 0.4) is 0 Å². The number of hydrogen-bond donors (Lipinski definition) is 1. The Morgan fingerprint density at radius 1 is 1.00 bits per heavy atom. The van der Waals surface area contributed by atoms with Crippen LogP contribution in [0.4, 0.5) is 5.00 Å². The van der Waals surface area contributed by atoms with Crippen molar-refractivity contribution in [2.45, 2.75) is 13.8 Å². The van der Waals surface area contributed by atoms with Gasteiger partial charge in [0.05, 0.1) is 24.4 Å². The molecule has 4 aromatic rings. The van der Waals surface area contributed by atoms with Crippen LogP contribution in [0, 0.1) is 13.8 Å². The fourth-order valence-electron chi connectivity index (χ4n) is 3.10. The number of anilines is 1. The second-order valence-electron chi connectivity index (χ2n) is 6.50. The predicted molar refractivity (Wildman–Crippen MR) is 120 cm³/mol. The fourth-order valence-corrected chi connectivity index (χ4v) is 5.30. The van der Waals surface area contributed by atoms with Gasteiger partial charge in [-0.1, -0.05) is 12.1 Å². The molecule has 148 valence electrons. The van der Waals surface area contributed by atoms with Gasteiger partial charge >= 0.3 is 0 Å². The number of nitrogens with zero attached hydrogens (tertiary/aromatic N) is 1. The van der Waals surface area contributed by atoms with E-state index in [2.05, 4.69) is 25.2 Å². The number of fused-ring (bicyclic) bond motifs is 1. The molecule has 0 saturated heterocycles. The average molecular weight is 425 g/mol. The summed E-state index contributed by atoms with van der Waals surface area (Å²) in [5, 5.41) is 4.79. The highest BCUT2D eigenvalue weighted by Gasteiger charge is 2.20. The molecule has 1 N–H and O–H groups in total. The number of thiophene rings is 1. The molecule has 0 bridgehead atoms. The highest BCUT2D eigenvalue weighted by Crippen LogP contribution is 2.43. The van der Waals surface area contributed by atoms with Crippen LogP contribution in [0.2, 0.25) is 0 Å². The van der Waals surface area contributed by atoms with Gasteiger partial charge in [-0.25, -0.2) is 4.98 Å². The Labute approximate surface area is 176 Å². The van der Waals surface area contributed by atoms with Crippen molar-refractivity contribution in [3.05, 3.63) is 58.5 Å². The quantitative estimate of drug-likeness (QED) is 0.433. The van der Waals surface area contributed by atoms with Gasteiger partial charge in [0.1, 0.15) is 10.0 Å². The van der Waals surface area contributed by atoms with E-state index in [1.54, 1.807) is 55.1 Å². The number of amides is 1. The van der Waals surface area contributed by atoms with Crippen molar-refractivity contribution in [2.24, 2.45) is 0 Å². The third-order valence-corrected chi connectivity index (χ3v) is 6.94. The minimum Gasteiger partial charge on any atom is -0.493 e. The van der Waals surface area contributed by atoms with Gasteiger partial charge in [0.2, 0.25) is 0 Å². The van der Waals surface area contributed by atoms with Crippen LogP contribution in [0.5, 0.6) is 11.5 Å². The van der Waals surface area contributed by atoms with Gasteiger partial charge in [-0.05, 0) is 49.7 Å². The molecule has 0 fully saturated rings. The van der Waals surface area contributed by atoms with E-state index in [0.717, 1.165) is 36.2 Å². The number of carbonyl (C=O) groups excluding carboxylic acids is 1. The summed E-state index contributed by atoms with van der Waals surface area (Å²) < 4.78 is 11.7. The number of aryl methyl sites for hydroxylation is 1. The van der Waals surface area contributed by atoms with Crippen molar-refractivity contribution in [3.8, 4) is 22.1 Å². The molecule has 0 radical (unpaired) electrons. The summed E-state index contributed by atoms with van der Waals surface area (Å²) in [6.07, 6.45) is 0. The van der Waals surface area contributed by atoms with Crippen LogP contribution in [-0.2, 0) is 0 Å². The van der Waals surface area contributed by atoms with Crippen LogP contribution < -0.4 is 14.8 Å². The first-order valence-corrected chi connectivity index (χ1v) is 10.6. The maximum absolute atomic E-state index is 12.9. The Hall–Kier alpha value is -2.90. The zero-order chi connectivity index (χ0) is 20.5. The van der Waals surface area contributed by atoms with Gasteiger partial charge in [0.15, 0.2) is 11.5 Å². The molecule has 0 atom stereocenters. The number of para-hydroxylation sites is 1. The first kappa shape index (κ1) is 19.4. The molecule has 2 heterocycles. The van der Waals surface area contributed by atoms with Crippen LogP contribution in [0.1, 0.15) is 20.8 Å². The van der Waals surface area contributed by atoms with E-state index in [-0.39, 0.29) is 5.91 Å². The van der Waals surface area contributed by atoms with Crippen molar-refractivity contribution in [1.82, 2.24) is 4.98 Å². The monoisotopic (exact) mass is 424 g/mol. The molecule has 0 saturated carbocycles. The molecule has 2 aromatic carbocycles. The summed E-state index contributed by atoms with van der Waals surface area (Å²) in [5.74, 6) is 0.904. The maximum atomic E-state index is 12.9. The number of ether oxygens (including phenoxy) is 2. The number of benzene rings is 2. The molecule has 0 aliphatic heterocycles. The van der Waals surface area contributed by atoms with Gasteiger partial charge in [0, 0.05) is 16.0 Å². The number of carbonyl (C=O) groups is 1. The zero-order valence-corrected chi connectivity index (χ0v) is 18.2. The zero-order valence-electron chi connectivity index (χ0n) is 16.5. The summed E-state index contributed by atoms with van der Waals surface area (Å²) in [7, 11) is 3.12. The highest BCUT2D eigenvalue weighted by atomic mass is 32.1. The number of hydrogen-bond acceptors (Lipinski definition) is 6. The summed E-state index contributed by atoms with van der Waals surface area (Å²) in [5.41, 5.74) is 3.59. The lowest BCUT2D eigenvalue weighted by atomic mass is 10.1. The highest BCUT2D eigenvalue weighted by molar-refractivity contribution is 7.22. The largest absolute Gasteiger partial charge is 0.493 e. The van der Waals surface area contributed by atoms with Crippen molar-refractivity contribution in [1.29, 1.82) is 0 Å². The molecule has 0 spiro atoms. The predicted octanol–water partition coefficient (Wildman–Crippen LogP) is 5.91. The summed E-state index contributed by atoms with van der Waals surface area (Å²) >= 11 is 3.20. The van der Waals surface area contributed by atoms with Crippen molar-refractivity contribution < 1.29 is 14.3 Å². The molecule has 4 rings (SSSR count). The number of nitrogens with one attached hydrogen (secondary N) is 1. The minimum absolute atomic E-state index is 0.199. The van der Waals surface area contributed by atoms with E-state index in [1.165, 1.54) is 0 Å². The average Bonchev–Trinajstić information content (AvgIpc) is 3.27. The molecular formula is C22H20N2O3S2. The first-order chi connectivity index (χ1) is 14.0. The van der Waals surface area contributed by atoms with E-state index in [9.17, 15) is 4.79 Å². The topological polar surface area (TPSA) is 60.5 Å². The third kappa shape index (κ3) is 3.59. The van der Waals surface area contributed by atoms with Gasteiger partial charge in [-0.2, -0.15) is 0 Å². The van der Waals surface area contributed by atoms with Crippen molar-refractivity contribution in [2.75, 3.05) is 19.5 Å². The summed E-state index contributed by atoms with van der Waals surface area (Å²) in [4.78, 5) is 18.9. The number of methoxy groups -OCH3 is 2. The molecule has 7 heteroatoms. The Bertz CT molecular complexity index is 1180. The standard InChI is InChI=1S/C22H20N2O3S2/c1-12-13(2)28-22(19(12)21-23-15-7-5-6-8-18(15)29-21)24-20(25)14-9-10-16(26-3)17(11-14)27-4/h5-11H,1-4H3,(H,24,25). The second-order valence-corrected chi connectivity index (χ2v) is 8.75. The Kier molecular flexibility index (Phi) is 5.25. The van der Waals surface area contributed by atoms with E-state index in [0.29, 0.717) is 17.1 Å². The molecule has 2 aromatic heterocycles. The van der Waals surface area contributed by atoms with Gasteiger partial charge < -0.3 is 14.8 Å². The second kappa shape index (κ2) is 7.85. The molecule has 0 aliphatic rings. The van der Waals surface area contributed by atoms with Gasteiger partial charge in [0.25, 0.3) is 5.91 Å². The van der Waals surface area contributed by atoms with E-state index >= 15 is 0 Å². The summed E-state index contributed by atoms with van der Waals surface area (Å²) in [6, 6.07) is 13.2. The Balaban J connectivity index is 1.71. The Morgan fingerprint density at radius 2 is 1.76 bits per heavy atom. The first-order valence-electron chi connectivity index (χ1n) is 9.01. The van der Waals surface area contributed by atoms with Gasteiger partial charge in [-0.15, -0.1) is 22.7 Å². The van der Waals surface area contributed by atoms with E-state index in [1.807, 2.05) is 18.2 Å². The van der Waals surface area contributed by atoms with Crippen LogP contribution >= 0.6 is 22.7 Å². The molecule has 29 heavy (non-hydrogen) atoms. The lowest BCUT2D eigenvalue weighted by Crippen LogP contribution is -2.11. The lowest BCUT2D eigenvalue weighted by molar-refractivity contribution is 0.102. The molecule has 0 aliphatic carbocycles. The number of thiazole rings is 1. The molecular weight excluding hydrogens is 404 g/mol. The number of rotatable bonds is 5. The smallest absolute Gasteiger partial charge is 0.256 e. The van der Waals surface area contributed by atoms with E-state index < -0.39 is 0 Å². The molecule has 0 unspecified atom stereocenters. The van der Waals surface area contributed by atoms with Crippen molar-refractivity contribution in [3.63, 3.8) is 0 Å². The van der Waals surface area contributed by atoms with Crippen LogP contribution in [0.15, 0.2) is 42.5 Å². The molecule has 5 nitrogen and oxygen atoms in total. The summed E-state index contributed by atoms with van der Waals surface area (Å²) in [6.45, 7) is 4.13. The SMILES string of the molecule is COc1ccc(C(=O)Nc2sc(C)c(C)c2-c2nc3ccccc3s2)cc1OC. The minimum atomic E-state index is -0.199. The van der Waals surface area contributed by atoms with Crippen LogP contribution in [0.25, 0.3) is 20.8 Å². The van der Waals surface area contributed by atoms with Crippen LogP contribution in [-0.4, -0.2) is 25.1 Å². The van der Waals surface area contributed by atoms with Crippen molar-refractivity contribution >= 4 is 43.8 Å². The van der Waals surface area contributed by atoms with Gasteiger partial charge in [-0.3, -0.25) is 4.79 Å². The lowest BCUT2D eigenvalue weighted by Gasteiger charge is -2.10. The maximum Gasteiger partial charge on any atom is 0.256 e. The normalized spacial score (nSPS) is 10.9.